The molecule has 1 aliphatic rings. The lowest BCUT2D eigenvalue weighted by Crippen LogP contribution is -2.29. The number of aromatic nitrogens is 1. The van der Waals surface area contributed by atoms with Gasteiger partial charge in [0.2, 0.25) is 0 Å². The maximum atomic E-state index is 10.6. The molecule has 0 spiro atoms. The van der Waals surface area contributed by atoms with Gasteiger partial charge in [0.25, 0.3) is 0 Å². The molecule has 1 aliphatic heterocycles. The van der Waals surface area contributed by atoms with Crippen LogP contribution in [0, 0.1) is 0 Å². The van der Waals surface area contributed by atoms with Crippen molar-refractivity contribution >= 4 is 12.1 Å². The Kier molecular flexibility index (Phi) is 3.19. The van der Waals surface area contributed by atoms with E-state index in [1.807, 2.05) is 6.07 Å². The molecular weight excluding hydrogens is 202 g/mol. The summed E-state index contributed by atoms with van der Waals surface area (Å²) in [6.45, 7) is 2.20. The van der Waals surface area contributed by atoms with Gasteiger partial charge in [-0.1, -0.05) is 0 Å². The molecule has 1 aromatic rings. The number of aldehydes is 1. The Bertz CT molecular complexity index is 384. The van der Waals surface area contributed by atoms with Gasteiger partial charge < -0.3 is 10.6 Å². The third-order valence-electron chi connectivity index (χ3n) is 3.24. The zero-order valence-electron chi connectivity index (χ0n) is 9.52. The molecule has 16 heavy (non-hydrogen) atoms. The van der Waals surface area contributed by atoms with Crippen molar-refractivity contribution in [2.24, 2.45) is 0 Å². The third kappa shape index (κ3) is 2.22. The second-order valence-electron chi connectivity index (χ2n) is 4.41. The SMILES string of the molecule is CN1CCC(c2ccc(C=O)c(N)n2)CC1. The first-order valence-corrected chi connectivity index (χ1v) is 5.61. The van der Waals surface area contributed by atoms with Gasteiger partial charge in [0.05, 0.1) is 5.56 Å². The maximum absolute atomic E-state index is 10.6. The Hall–Kier alpha value is -1.42. The average Bonchev–Trinajstić information content (AvgIpc) is 2.30. The van der Waals surface area contributed by atoms with Crippen molar-refractivity contribution in [3.8, 4) is 0 Å². The smallest absolute Gasteiger partial charge is 0.153 e. The normalized spacial score (nSPS) is 18.6. The van der Waals surface area contributed by atoms with Crippen LogP contribution in [0.1, 0.15) is 34.8 Å². The highest BCUT2D eigenvalue weighted by atomic mass is 16.1. The maximum Gasteiger partial charge on any atom is 0.153 e. The zero-order chi connectivity index (χ0) is 11.5. The molecule has 1 aromatic heterocycles. The Labute approximate surface area is 95.5 Å². The van der Waals surface area contributed by atoms with E-state index in [1.165, 1.54) is 0 Å². The summed E-state index contributed by atoms with van der Waals surface area (Å²) < 4.78 is 0. The average molecular weight is 219 g/mol. The van der Waals surface area contributed by atoms with Crippen LogP contribution in [0.3, 0.4) is 0 Å². The highest BCUT2D eigenvalue weighted by Crippen LogP contribution is 2.26. The van der Waals surface area contributed by atoms with E-state index in [0.717, 1.165) is 37.9 Å². The summed E-state index contributed by atoms with van der Waals surface area (Å²) in [4.78, 5) is 17.3. The van der Waals surface area contributed by atoms with E-state index < -0.39 is 0 Å². The number of carbonyl (C=O) groups excluding carboxylic acids is 1. The van der Waals surface area contributed by atoms with Gasteiger partial charge in [0.1, 0.15) is 5.82 Å². The molecule has 2 rings (SSSR count). The van der Waals surface area contributed by atoms with E-state index in [9.17, 15) is 4.79 Å². The van der Waals surface area contributed by atoms with Crippen molar-refractivity contribution < 1.29 is 4.79 Å². The number of nitrogen functional groups attached to an aromatic ring is 1. The van der Waals surface area contributed by atoms with Gasteiger partial charge in [-0.05, 0) is 45.1 Å². The summed E-state index contributed by atoms with van der Waals surface area (Å²) in [5, 5.41) is 0. The lowest BCUT2D eigenvalue weighted by atomic mass is 9.93. The van der Waals surface area contributed by atoms with Crippen LogP contribution in [0.4, 0.5) is 5.82 Å². The minimum Gasteiger partial charge on any atom is -0.383 e. The molecule has 0 bridgehead atoms. The molecule has 1 fully saturated rings. The number of piperidine rings is 1. The number of nitrogens with two attached hydrogens (primary N) is 1. The molecule has 0 saturated carbocycles. The van der Waals surface area contributed by atoms with Gasteiger partial charge >= 0.3 is 0 Å². The Morgan fingerprint density at radius 2 is 2.12 bits per heavy atom. The van der Waals surface area contributed by atoms with E-state index in [0.29, 0.717) is 17.3 Å². The van der Waals surface area contributed by atoms with Crippen molar-refractivity contribution in [2.45, 2.75) is 18.8 Å². The molecule has 0 aliphatic carbocycles. The zero-order valence-corrected chi connectivity index (χ0v) is 9.52. The minimum atomic E-state index is 0.353. The van der Waals surface area contributed by atoms with Crippen LogP contribution in [-0.4, -0.2) is 36.3 Å². The topological polar surface area (TPSA) is 59.2 Å². The molecule has 4 heteroatoms. The molecule has 0 amide bonds. The van der Waals surface area contributed by atoms with Crippen molar-refractivity contribution in [2.75, 3.05) is 25.9 Å². The molecule has 2 N–H and O–H groups in total. The number of pyridine rings is 1. The fourth-order valence-corrected chi connectivity index (χ4v) is 2.13. The summed E-state index contributed by atoms with van der Waals surface area (Å²) >= 11 is 0. The minimum absolute atomic E-state index is 0.353. The molecule has 0 atom stereocenters. The summed E-state index contributed by atoms with van der Waals surface area (Å²) in [6, 6.07) is 3.69. The van der Waals surface area contributed by atoms with E-state index in [1.54, 1.807) is 6.07 Å². The number of rotatable bonds is 2. The predicted octanol–water partition coefficient (Wildman–Crippen LogP) is 1.29. The van der Waals surface area contributed by atoms with Crippen LogP contribution in [0.25, 0.3) is 0 Å². The van der Waals surface area contributed by atoms with Crippen LogP contribution >= 0.6 is 0 Å². The second kappa shape index (κ2) is 4.61. The van der Waals surface area contributed by atoms with E-state index in [-0.39, 0.29) is 0 Å². The van der Waals surface area contributed by atoms with Crippen LogP contribution in [0.5, 0.6) is 0 Å². The van der Waals surface area contributed by atoms with Crippen LogP contribution in [-0.2, 0) is 0 Å². The van der Waals surface area contributed by atoms with E-state index >= 15 is 0 Å². The summed E-state index contributed by atoms with van der Waals surface area (Å²) in [6.07, 6.45) is 2.98. The van der Waals surface area contributed by atoms with Gasteiger partial charge in [-0.2, -0.15) is 0 Å². The van der Waals surface area contributed by atoms with Gasteiger partial charge in [0.15, 0.2) is 6.29 Å². The molecule has 1 saturated heterocycles. The number of carbonyl (C=O) groups is 1. The molecule has 4 nitrogen and oxygen atoms in total. The summed E-state index contributed by atoms with van der Waals surface area (Å²) in [7, 11) is 2.13. The van der Waals surface area contributed by atoms with Gasteiger partial charge in [0, 0.05) is 11.6 Å². The van der Waals surface area contributed by atoms with Gasteiger partial charge in [-0.3, -0.25) is 4.79 Å². The van der Waals surface area contributed by atoms with Crippen molar-refractivity contribution in [3.05, 3.63) is 23.4 Å². The fraction of sp³-hybridized carbons (Fsp3) is 0.500. The van der Waals surface area contributed by atoms with E-state index in [2.05, 4.69) is 16.9 Å². The first-order chi connectivity index (χ1) is 7.70. The lowest BCUT2D eigenvalue weighted by Gasteiger charge is -2.28. The first-order valence-electron chi connectivity index (χ1n) is 5.61. The predicted molar refractivity (Wildman–Crippen MR) is 63.5 cm³/mol. The Morgan fingerprint density at radius 3 is 2.69 bits per heavy atom. The van der Waals surface area contributed by atoms with Crippen molar-refractivity contribution in [1.82, 2.24) is 9.88 Å². The molecule has 0 unspecified atom stereocenters. The Morgan fingerprint density at radius 1 is 1.44 bits per heavy atom. The highest BCUT2D eigenvalue weighted by molar-refractivity contribution is 5.81. The summed E-state index contributed by atoms with van der Waals surface area (Å²) in [5.74, 6) is 0.839. The van der Waals surface area contributed by atoms with Crippen molar-refractivity contribution in [3.63, 3.8) is 0 Å². The number of hydrogen-bond donors (Lipinski definition) is 1. The quantitative estimate of drug-likeness (QED) is 0.761. The molecule has 0 radical (unpaired) electrons. The van der Waals surface area contributed by atoms with Crippen LogP contribution < -0.4 is 5.73 Å². The number of nitrogens with zero attached hydrogens (tertiary/aromatic N) is 2. The highest BCUT2D eigenvalue weighted by Gasteiger charge is 2.19. The molecule has 2 heterocycles. The standard InChI is InChI=1S/C12H17N3O/c1-15-6-4-9(5-7-15)11-3-2-10(8-16)12(13)14-11/h2-3,8-9H,4-7H2,1H3,(H2,13,14). The molecular formula is C12H17N3O. The number of anilines is 1. The monoisotopic (exact) mass is 219 g/mol. The molecule has 86 valence electrons. The largest absolute Gasteiger partial charge is 0.383 e. The molecule has 0 aromatic carbocycles. The van der Waals surface area contributed by atoms with Crippen molar-refractivity contribution in [1.29, 1.82) is 0 Å². The van der Waals surface area contributed by atoms with Gasteiger partial charge in [-0.25, -0.2) is 4.98 Å². The third-order valence-corrected chi connectivity index (χ3v) is 3.24. The summed E-state index contributed by atoms with van der Waals surface area (Å²) in [5.41, 5.74) is 7.22. The van der Waals surface area contributed by atoms with E-state index in [4.69, 9.17) is 5.73 Å². The van der Waals surface area contributed by atoms with Crippen LogP contribution in [0.2, 0.25) is 0 Å². The van der Waals surface area contributed by atoms with Crippen LogP contribution in [0.15, 0.2) is 12.1 Å². The second-order valence-corrected chi connectivity index (χ2v) is 4.41. The Balaban J connectivity index is 2.15. The van der Waals surface area contributed by atoms with Gasteiger partial charge in [-0.15, -0.1) is 0 Å². The number of likely N-dealkylation sites (tertiary alicyclic amines) is 1. The fourth-order valence-electron chi connectivity index (χ4n) is 2.13. The lowest BCUT2D eigenvalue weighted by molar-refractivity contribution is 0.112. The number of hydrogen-bond acceptors (Lipinski definition) is 4. The first kappa shape index (κ1) is 11.1.